The van der Waals surface area contributed by atoms with Crippen LogP contribution in [0.3, 0.4) is 0 Å². The van der Waals surface area contributed by atoms with Gasteiger partial charge in [0.05, 0.1) is 6.10 Å². The molecule has 28 heavy (non-hydrogen) atoms. The van der Waals surface area contributed by atoms with Crippen LogP contribution in [0.2, 0.25) is 0 Å². The molecule has 1 N–H and O–H groups in total. The summed E-state index contributed by atoms with van der Waals surface area (Å²) in [5, 5.41) is 9.91. The van der Waals surface area contributed by atoms with E-state index in [9.17, 15) is 9.90 Å². The van der Waals surface area contributed by atoms with Crippen LogP contribution in [0.1, 0.15) is 98.3 Å². The summed E-state index contributed by atoms with van der Waals surface area (Å²) in [6.45, 7) is 9.73. The van der Waals surface area contributed by atoms with E-state index >= 15 is 0 Å². The highest BCUT2D eigenvalue weighted by molar-refractivity contribution is 5.96. The van der Waals surface area contributed by atoms with E-state index in [4.69, 9.17) is 0 Å². The molecule has 0 radical (unpaired) electrons. The second-order valence-electron chi connectivity index (χ2n) is 10.7. The highest BCUT2D eigenvalue weighted by Crippen LogP contribution is 2.59. The molecule has 0 heterocycles. The summed E-state index contributed by atoms with van der Waals surface area (Å²) in [4.78, 5) is 12.2. The lowest BCUT2D eigenvalue weighted by Gasteiger charge is -2.44. The third kappa shape index (κ3) is 4.81. The van der Waals surface area contributed by atoms with Gasteiger partial charge in [0.1, 0.15) is 0 Å². The van der Waals surface area contributed by atoms with Gasteiger partial charge >= 0.3 is 0 Å². The Kier molecular flexibility index (Phi) is 7.23. The first-order chi connectivity index (χ1) is 13.3. The number of carbonyl (C=O) groups excluding carboxylic acids is 1. The number of fused-ring (bicyclic) bond motifs is 1. The highest BCUT2D eigenvalue weighted by Gasteiger charge is 2.50. The van der Waals surface area contributed by atoms with Gasteiger partial charge in [0.25, 0.3) is 0 Å². The Morgan fingerprint density at radius 3 is 2.64 bits per heavy atom. The van der Waals surface area contributed by atoms with Crippen molar-refractivity contribution in [3.63, 3.8) is 0 Å². The number of aliphatic hydroxyl groups excluding tert-OH is 1. The van der Waals surface area contributed by atoms with E-state index in [0.717, 1.165) is 23.3 Å². The molecule has 0 aliphatic heterocycles. The van der Waals surface area contributed by atoms with Crippen LogP contribution in [0.5, 0.6) is 0 Å². The number of allylic oxidation sites excluding steroid dienone is 3. The molecule has 0 spiro atoms. The predicted molar refractivity (Wildman–Crippen MR) is 117 cm³/mol. The number of carbonyl (C=O) groups is 1. The summed E-state index contributed by atoms with van der Waals surface area (Å²) in [6.07, 6.45) is 16.3. The minimum atomic E-state index is -0.332. The minimum Gasteiger partial charge on any atom is -0.393 e. The Morgan fingerprint density at radius 2 is 1.89 bits per heavy atom. The fourth-order valence-electron chi connectivity index (χ4n) is 6.56. The standard InChI is InChI=1S/C26H42O2/c1-18(2)7-5-8-19(3)23-13-14-24-20(9-6-16-26(23,24)4)10-11-21-17-22(27)12-15-25(21)28/h10-11,18-19,22-24,27H,5-9,12-17H2,1-4H3/b20-10-,21-11-. The van der Waals surface area contributed by atoms with E-state index in [0.29, 0.717) is 30.6 Å². The summed E-state index contributed by atoms with van der Waals surface area (Å²) < 4.78 is 0. The fourth-order valence-corrected chi connectivity index (χ4v) is 6.56. The Labute approximate surface area is 172 Å². The van der Waals surface area contributed by atoms with Crippen LogP contribution in [0, 0.1) is 29.1 Å². The molecule has 3 rings (SSSR count). The number of hydrogen-bond donors (Lipinski definition) is 1. The van der Waals surface area contributed by atoms with Gasteiger partial charge in [-0.3, -0.25) is 4.79 Å². The Balaban J connectivity index is 1.70. The molecule has 5 atom stereocenters. The molecule has 3 fully saturated rings. The SMILES string of the molecule is CC(C)CCCC(C)C1CCC2/C(=C\C=C3\CC(O)CCC3=O)CCCC21C. The number of hydrogen-bond acceptors (Lipinski definition) is 2. The molecule has 0 amide bonds. The molecule has 3 aliphatic carbocycles. The van der Waals surface area contributed by atoms with E-state index in [1.165, 1.54) is 51.4 Å². The molecule has 0 bridgehead atoms. The normalized spacial score (nSPS) is 37.6. The van der Waals surface area contributed by atoms with E-state index < -0.39 is 0 Å². The van der Waals surface area contributed by atoms with Crippen LogP contribution in [0.25, 0.3) is 0 Å². The molecule has 0 aromatic heterocycles. The largest absolute Gasteiger partial charge is 0.393 e. The summed E-state index contributed by atoms with van der Waals surface area (Å²) in [5.74, 6) is 3.42. The number of Topliss-reactive ketones (excluding diaryl/α,β-unsaturated/α-hetero) is 1. The maximum Gasteiger partial charge on any atom is 0.159 e. The summed E-state index contributed by atoms with van der Waals surface area (Å²) in [5.41, 5.74) is 2.86. The molecule has 2 nitrogen and oxygen atoms in total. The van der Waals surface area contributed by atoms with Gasteiger partial charge in [0.2, 0.25) is 0 Å². The van der Waals surface area contributed by atoms with Crippen molar-refractivity contribution in [1.82, 2.24) is 0 Å². The number of aliphatic hydroxyl groups is 1. The van der Waals surface area contributed by atoms with E-state index in [2.05, 4.69) is 39.8 Å². The molecular weight excluding hydrogens is 344 g/mol. The lowest BCUT2D eigenvalue weighted by molar-refractivity contribution is -0.117. The van der Waals surface area contributed by atoms with Crippen molar-refractivity contribution in [1.29, 1.82) is 0 Å². The van der Waals surface area contributed by atoms with Crippen molar-refractivity contribution in [2.45, 2.75) is 104 Å². The third-order valence-electron chi connectivity index (χ3n) is 8.18. The first kappa shape index (κ1) is 21.8. The molecule has 0 aromatic carbocycles. The van der Waals surface area contributed by atoms with Crippen molar-refractivity contribution < 1.29 is 9.90 Å². The average molecular weight is 387 g/mol. The van der Waals surface area contributed by atoms with Gasteiger partial charge in [-0.05, 0) is 73.2 Å². The number of rotatable bonds is 6. The van der Waals surface area contributed by atoms with Crippen molar-refractivity contribution in [3.05, 3.63) is 23.3 Å². The summed E-state index contributed by atoms with van der Waals surface area (Å²) in [7, 11) is 0. The van der Waals surface area contributed by atoms with Crippen molar-refractivity contribution in [3.8, 4) is 0 Å². The molecule has 5 unspecified atom stereocenters. The topological polar surface area (TPSA) is 37.3 Å². The molecule has 0 saturated heterocycles. The van der Waals surface area contributed by atoms with Crippen LogP contribution >= 0.6 is 0 Å². The zero-order chi connectivity index (χ0) is 20.3. The highest BCUT2D eigenvalue weighted by atomic mass is 16.3. The average Bonchev–Trinajstić information content (AvgIpc) is 2.99. The van der Waals surface area contributed by atoms with Gasteiger partial charge in [-0.2, -0.15) is 0 Å². The molecular formula is C26H42O2. The van der Waals surface area contributed by atoms with Crippen molar-refractivity contribution in [2.24, 2.45) is 29.1 Å². The lowest BCUT2D eigenvalue weighted by atomic mass is 9.60. The van der Waals surface area contributed by atoms with Crippen LogP contribution < -0.4 is 0 Å². The van der Waals surface area contributed by atoms with Gasteiger partial charge in [-0.1, -0.05) is 64.7 Å². The predicted octanol–water partition coefficient (Wildman–Crippen LogP) is 6.63. The molecule has 0 aromatic rings. The first-order valence-corrected chi connectivity index (χ1v) is 11.9. The van der Waals surface area contributed by atoms with E-state index in [1.807, 2.05) is 0 Å². The molecule has 3 saturated carbocycles. The molecule has 3 aliphatic rings. The molecule has 2 heteroatoms. The monoisotopic (exact) mass is 386 g/mol. The summed E-state index contributed by atoms with van der Waals surface area (Å²) in [6, 6.07) is 0. The summed E-state index contributed by atoms with van der Waals surface area (Å²) >= 11 is 0. The van der Waals surface area contributed by atoms with Crippen molar-refractivity contribution >= 4 is 5.78 Å². The lowest BCUT2D eigenvalue weighted by Crippen LogP contribution is -2.36. The third-order valence-corrected chi connectivity index (χ3v) is 8.18. The van der Waals surface area contributed by atoms with Gasteiger partial charge < -0.3 is 5.11 Å². The van der Waals surface area contributed by atoms with E-state index in [1.54, 1.807) is 5.57 Å². The Hall–Kier alpha value is -0.890. The van der Waals surface area contributed by atoms with Crippen LogP contribution in [0.15, 0.2) is 23.3 Å². The maximum atomic E-state index is 12.2. The quantitative estimate of drug-likeness (QED) is 0.520. The van der Waals surface area contributed by atoms with Crippen molar-refractivity contribution in [2.75, 3.05) is 0 Å². The van der Waals surface area contributed by atoms with Crippen LogP contribution in [-0.2, 0) is 4.79 Å². The first-order valence-electron chi connectivity index (χ1n) is 11.9. The van der Waals surface area contributed by atoms with Crippen LogP contribution in [-0.4, -0.2) is 17.0 Å². The zero-order valence-corrected chi connectivity index (χ0v) is 18.7. The van der Waals surface area contributed by atoms with Gasteiger partial charge in [-0.15, -0.1) is 0 Å². The maximum absolute atomic E-state index is 12.2. The number of ketones is 1. The molecule has 158 valence electrons. The minimum absolute atomic E-state index is 0.240. The van der Waals surface area contributed by atoms with Gasteiger partial charge in [0.15, 0.2) is 5.78 Å². The second kappa shape index (κ2) is 9.28. The van der Waals surface area contributed by atoms with Gasteiger partial charge in [0, 0.05) is 12.8 Å². The Morgan fingerprint density at radius 1 is 1.11 bits per heavy atom. The van der Waals surface area contributed by atoms with Gasteiger partial charge in [-0.25, -0.2) is 0 Å². The fraction of sp³-hybridized carbons (Fsp3) is 0.808. The Bertz CT molecular complexity index is 614. The van der Waals surface area contributed by atoms with Crippen LogP contribution in [0.4, 0.5) is 0 Å². The zero-order valence-electron chi connectivity index (χ0n) is 18.7. The smallest absolute Gasteiger partial charge is 0.159 e. The van der Waals surface area contributed by atoms with E-state index in [-0.39, 0.29) is 11.9 Å². The second-order valence-corrected chi connectivity index (χ2v) is 10.7.